The number of sulfonamides is 1. The van der Waals surface area contributed by atoms with Gasteiger partial charge in [0.05, 0.1) is 9.82 Å². The SMILES string of the molecule is O=C(COc1ccc(S(=O)(=O)N2CCCC2)cc1[N+](=O)[O-])NCCCc1ccccc1. The van der Waals surface area contributed by atoms with Crippen molar-refractivity contribution in [3.63, 3.8) is 0 Å². The van der Waals surface area contributed by atoms with E-state index in [2.05, 4.69) is 5.32 Å². The quantitative estimate of drug-likeness (QED) is 0.340. The third kappa shape index (κ3) is 6.02. The maximum absolute atomic E-state index is 12.6. The molecule has 9 nitrogen and oxygen atoms in total. The largest absolute Gasteiger partial charge is 0.477 e. The van der Waals surface area contributed by atoms with Crippen molar-refractivity contribution >= 4 is 21.6 Å². The predicted molar refractivity (Wildman–Crippen MR) is 114 cm³/mol. The number of nitro benzene ring substituents is 1. The molecule has 1 aliphatic rings. The molecule has 0 aromatic heterocycles. The first-order chi connectivity index (χ1) is 14.9. The average molecular weight is 448 g/mol. The van der Waals surface area contributed by atoms with Gasteiger partial charge < -0.3 is 10.1 Å². The van der Waals surface area contributed by atoms with Gasteiger partial charge in [-0.1, -0.05) is 30.3 Å². The predicted octanol–water partition coefficient (Wildman–Crippen LogP) is 2.51. The highest BCUT2D eigenvalue weighted by Gasteiger charge is 2.30. The minimum atomic E-state index is -3.79. The molecule has 1 heterocycles. The smallest absolute Gasteiger partial charge is 0.312 e. The van der Waals surface area contributed by atoms with Crippen molar-refractivity contribution in [3.8, 4) is 5.75 Å². The first kappa shape index (κ1) is 22.7. The van der Waals surface area contributed by atoms with Crippen LogP contribution in [0.25, 0.3) is 0 Å². The van der Waals surface area contributed by atoms with E-state index in [0.717, 1.165) is 31.7 Å². The molecule has 0 saturated carbocycles. The molecule has 1 saturated heterocycles. The number of nitrogens with zero attached hydrogens (tertiary/aromatic N) is 2. The Balaban J connectivity index is 1.55. The van der Waals surface area contributed by atoms with Gasteiger partial charge in [-0.25, -0.2) is 8.42 Å². The second-order valence-corrected chi connectivity index (χ2v) is 9.16. The number of nitrogens with one attached hydrogen (secondary N) is 1. The fourth-order valence-electron chi connectivity index (χ4n) is 3.36. The summed E-state index contributed by atoms with van der Waals surface area (Å²) in [7, 11) is -3.79. The Hall–Kier alpha value is -2.98. The number of hydrogen-bond acceptors (Lipinski definition) is 6. The number of carbonyl (C=O) groups is 1. The number of ether oxygens (including phenoxy) is 1. The van der Waals surface area contributed by atoms with Crippen molar-refractivity contribution in [2.75, 3.05) is 26.2 Å². The van der Waals surface area contributed by atoms with Crippen molar-refractivity contribution in [2.45, 2.75) is 30.6 Å². The van der Waals surface area contributed by atoms with Crippen molar-refractivity contribution < 1.29 is 22.9 Å². The van der Waals surface area contributed by atoms with Gasteiger partial charge in [0.2, 0.25) is 10.0 Å². The highest BCUT2D eigenvalue weighted by molar-refractivity contribution is 7.89. The Labute approximate surface area is 181 Å². The van der Waals surface area contributed by atoms with Crippen molar-refractivity contribution in [1.29, 1.82) is 0 Å². The molecular formula is C21H25N3O6S. The summed E-state index contributed by atoms with van der Waals surface area (Å²) in [4.78, 5) is 22.6. The second-order valence-electron chi connectivity index (χ2n) is 7.23. The van der Waals surface area contributed by atoms with Crippen LogP contribution < -0.4 is 10.1 Å². The zero-order chi connectivity index (χ0) is 22.3. The molecule has 0 aliphatic carbocycles. The molecule has 1 fully saturated rings. The summed E-state index contributed by atoms with van der Waals surface area (Å²) in [5, 5.41) is 14.1. The lowest BCUT2D eigenvalue weighted by atomic mass is 10.1. The summed E-state index contributed by atoms with van der Waals surface area (Å²) in [6.07, 6.45) is 3.10. The van der Waals surface area contributed by atoms with Gasteiger partial charge in [0.1, 0.15) is 0 Å². The van der Waals surface area contributed by atoms with Crippen LogP contribution in [0, 0.1) is 10.1 Å². The summed E-state index contributed by atoms with van der Waals surface area (Å²) < 4.78 is 31.9. The number of nitro groups is 1. The third-order valence-electron chi connectivity index (χ3n) is 5.00. The van der Waals surface area contributed by atoms with E-state index in [1.807, 2.05) is 30.3 Å². The summed E-state index contributed by atoms with van der Waals surface area (Å²) in [5.74, 6) is -0.555. The van der Waals surface area contributed by atoms with Crippen molar-refractivity contribution in [1.82, 2.24) is 9.62 Å². The number of amides is 1. The van der Waals surface area contributed by atoms with E-state index in [4.69, 9.17) is 4.74 Å². The van der Waals surface area contributed by atoms with E-state index < -0.39 is 33.1 Å². The van der Waals surface area contributed by atoms with Crippen LogP contribution in [0.2, 0.25) is 0 Å². The van der Waals surface area contributed by atoms with Crippen LogP contribution in [0.4, 0.5) is 5.69 Å². The zero-order valence-electron chi connectivity index (χ0n) is 17.0. The lowest BCUT2D eigenvalue weighted by molar-refractivity contribution is -0.386. The molecular weight excluding hydrogens is 422 g/mol. The highest BCUT2D eigenvalue weighted by Crippen LogP contribution is 2.31. The topological polar surface area (TPSA) is 119 Å². The molecule has 1 aliphatic heterocycles. The molecule has 0 atom stereocenters. The standard InChI is InChI=1S/C21H25N3O6S/c25-21(22-12-6-9-17-7-2-1-3-8-17)16-30-20-11-10-18(15-19(20)24(26)27)31(28,29)23-13-4-5-14-23/h1-3,7-8,10-11,15H,4-6,9,12-14,16H2,(H,22,25). The first-order valence-corrected chi connectivity index (χ1v) is 11.5. The van der Waals surface area contributed by atoms with E-state index in [1.54, 1.807) is 0 Å². The molecule has 0 spiro atoms. The minimum Gasteiger partial charge on any atom is -0.477 e. The highest BCUT2D eigenvalue weighted by atomic mass is 32.2. The Morgan fingerprint density at radius 2 is 1.84 bits per heavy atom. The maximum Gasteiger partial charge on any atom is 0.312 e. The van der Waals surface area contributed by atoms with Crippen LogP contribution in [0.1, 0.15) is 24.8 Å². The van der Waals surface area contributed by atoms with Crippen LogP contribution in [-0.2, 0) is 21.2 Å². The molecule has 0 unspecified atom stereocenters. The second kappa shape index (κ2) is 10.4. The van der Waals surface area contributed by atoms with Crippen molar-refractivity contribution in [3.05, 3.63) is 64.2 Å². The molecule has 3 rings (SSSR count). The molecule has 10 heteroatoms. The monoisotopic (exact) mass is 447 g/mol. The summed E-state index contributed by atoms with van der Waals surface area (Å²) >= 11 is 0. The average Bonchev–Trinajstić information content (AvgIpc) is 3.32. The van der Waals surface area contributed by atoms with E-state index in [9.17, 15) is 23.3 Å². The molecule has 2 aromatic rings. The minimum absolute atomic E-state index is 0.148. The molecule has 1 amide bonds. The molecule has 31 heavy (non-hydrogen) atoms. The summed E-state index contributed by atoms with van der Waals surface area (Å²) in [6, 6.07) is 13.4. The molecule has 0 bridgehead atoms. The molecule has 2 aromatic carbocycles. The first-order valence-electron chi connectivity index (χ1n) is 10.1. The van der Waals surface area contributed by atoms with Gasteiger partial charge in [0.25, 0.3) is 5.91 Å². The Morgan fingerprint density at radius 3 is 2.52 bits per heavy atom. The number of carbonyl (C=O) groups excluding carboxylic acids is 1. The number of benzene rings is 2. The molecule has 166 valence electrons. The van der Waals surface area contributed by atoms with E-state index in [1.165, 1.54) is 22.0 Å². The van der Waals surface area contributed by atoms with Gasteiger partial charge in [0.15, 0.2) is 12.4 Å². The van der Waals surface area contributed by atoms with Crippen LogP contribution in [0.5, 0.6) is 5.75 Å². The molecule has 0 radical (unpaired) electrons. The number of hydrogen-bond donors (Lipinski definition) is 1. The lowest BCUT2D eigenvalue weighted by Crippen LogP contribution is -2.30. The van der Waals surface area contributed by atoms with Crippen LogP contribution >= 0.6 is 0 Å². The van der Waals surface area contributed by atoms with Crippen LogP contribution in [0.3, 0.4) is 0 Å². The molecule has 1 N–H and O–H groups in total. The van der Waals surface area contributed by atoms with E-state index in [-0.39, 0.29) is 10.6 Å². The Bertz CT molecular complexity index is 1020. The van der Waals surface area contributed by atoms with Gasteiger partial charge in [-0.2, -0.15) is 4.31 Å². The normalized spacial score (nSPS) is 14.3. The Morgan fingerprint density at radius 1 is 1.13 bits per heavy atom. The van der Waals surface area contributed by atoms with Gasteiger partial charge in [0, 0.05) is 25.7 Å². The van der Waals surface area contributed by atoms with Gasteiger partial charge in [-0.05, 0) is 43.4 Å². The summed E-state index contributed by atoms with van der Waals surface area (Å²) in [6.45, 7) is 0.855. The van der Waals surface area contributed by atoms with Crippen LogP contribution in [0.15, 0.2) is 53.4 Å². The number of aryl methyl sites for hydroxylation is 1. The third-order valence-corrected chi connectivity index (χ3v) is 6.89. The van der Waals surface area contributed by atoms with Crippen LogP contribution in [-0.4, -0.2) is 49.8 Å². The zero-order valence-corrected chi connectivity index (χ0v) is 17.8. The van der Waals surface area contributed by atoms with E-state index in [0.29, 0.717) is 19.6 Å². The van der Waals surface area contributed by atoms with E-state index >= 15 is 0 Å². The maximum atomic E-state index is 12.6. The number of rotatable bonds is 10. The van der Waals surface area contributed by atoms with Gasteiger partial charge in [-0.3, -0.25) is 14.9 Å². The summed E-state index contributed by atoms with van der Waals surface area (Å²) in [5.41, 5.74) is 0.685. The fourth-order valence-corrected chi connectivity index (χ4v) is 4.90. The fraction of sp³-hybridized carbons (Fsp3) is 0.381. The van der Waals surface area contributed by atoms with Gasteiger partial charge >= 0.3 is 5.69 Å². The lowest BCUT2D eigenvalue weighted by Gasteiger charge is -2.16. The van der Waals surface area contributed by atoms with Crippen molar-refractivity contribution in [2.24, 2.45) is 0 Å². The Kier molecular flexibility index (Phi) is 7.59. The van der Waals surface area contributed by atoms with Gasteiger partial charge in [-0.15, -0.1) is 0 Å².